The summed E-state index contributed by atoms with van der Waals surface area (Å²) < 4.78 is 5.83. The lowest BCUT2D eigenvalue weighted by Crippen LogP contribution is -2.07. The number of carbonyl (C=O) groups excluding carboxylic acids is 1. The molecule has 0 aliphatic heterocycles. The Bertz CT molecular complexity index is 693. The lowest BCUT2D eigenvalue weighted by molar-refractivity contribution is 0.0471. The van der Waals surface area contributed by atoms with Crippen LogP contribution in [-0.2, 0) is 11.3 Å². The van der Waals surface area contributed by atoms with Crippen LogP contribution in [0.3, 0.4) is 0 Å². The summed E-state index contributed by atoms with van der Waals surface area (Å²) in [6, 6.07) is 14.0. The van der Waals surface area contributed by atoms with Gasteiger partial charge in [-0.3, -0.25) is 0 Å². The van der Waals surface area contributed by atoms with E-state index in [1.165, 1.54) is 0 Å². The number of ether oxygens (including phenoxy) is 1. The van der Waals surface area contributed by atoms with Crippen molar-refractivity contribution in [1.82, 2.24) is 0 Å². The topological polar surface area (TPSA) is 76.1 Å². The lowest BCUT2D eigenvalue weighted by Gasteiger charge is -2.08. The summed E-state index contributed by atoms with van der Waals surface area (Å²) in [4.78, 5) is 12.0. The van der Waals surface area contributed by atoms with Crippen LogP contribution in [0.15, 0.2) is 46.9 Å². The number of nitrogens with two attached hydrogens (primary N) is 1. The van der Waals surface area contributed by atoms with E-state index in [-0.39, 0.29) is 6.61 Å². The van der Waals surface area contributed by atoms with Gasteiger partial charge < -0.3 is 10.5 Å². The number of nitrogen functional groups attached to an aromatic ring is 1. The molecule has 2 N–H and O–H groups in total. The van der Waals surface area contributed by atoms with Gasteiger partial charge in [-0.2, -0.15) is 5.26 Å². The van der Waals surface area contributed by atoms with E-state index in [0.29, 0.717) is 26.9 Å². The summed E-state index contributed by atoms with van der Waals surface area (Å²) in [5, 5.41) is 8.97. The Balaban J connectivity index is 2.13. The Kier molecular flexibility index (Phi) is 4.38. The fourth-order valence-electron chi connectivity index (χ4n) is 1.68. The normalized spacial score (nSPS) is 9.80. The molecule has 4 nitrogen and oxygen atoms in total. The Morgan fingerprint density at radius 1 is 1.30 bits per heavy atom. The van der Waals surface area contributed by atoms with E-state index < -0.39 is 5.97 Å². The standard InChI is InChI=1S/C15H11BrN2O2/c16-14-6-5-12(18)7-13(14)15(19)20-9-11-4-2-1-3-10(11)8-17/h1-7H,9,18H2. The molecule has 0 heterocycles. The molecule has 0 bridgehead atoms. The van der Waals surface area contributed by atoms with Crippen LogP contribution in [0.4, 0.5) is 5.69 Å². The molecule has 0 spiro atoms. The van der Waals surface area contributed by atoms with Crippen LogP contribution < -0.4 is 5.73 Å². The molecule has 0 atom stereocenters. The van der Waals surface area contributed by atoms with Gasteiger partial charge in [0, 0.05) is 15.7 Å². The number of anilines is 1. The molecule has 0 amide bonds. The number of nitrogens with zero attached hydrogens (tertiary/aromatic N) is 1. The second-order valence-corrected chi connectivity index (χ2v) is 4.94. The smallest absolute Gasteiger partial charge is 0.339 e. The average Bonchev–Trinajstić information content (AvgIpc) is 2.47. The van der Waals surface area contributed by atoms with Crippen LogP contribution in [-0.4, -0.2) is 5.97 Å². The third kappa shape index (κ3) is 3.16. The molecule has 2 aromatic rings. The molecule has 0 aliphatic carbocycles. The van der Waals surface area contributed by atoms with E-state index in [1.54, 1.807) is 42.5 Å². The highest BCUT2D eigenvalue weighted by atomic mass is 79.9. The van der Waals surface area contributed by atoms with Gasteiger partial charge in [-0.1, -0.05) is 18.2 Å². The number of carbonyl (C=O) groups is 1. The summed E-state index contributed by atoms with van der Waals surface area (Å²) in [7, 11) is 0. The van der Waals surface area contributed by atoms with Crippen molar-refractivity contribution in [2.24, 2.45) is 0 Å². The average molecular weight is 331 g/mol. The minimum absolute atomic E-state index is 0.0454. The Labute approximate surface area is 124 Å². The first-order chi connectivity index (χ1) is 9.61. The van der Waals surface area contributed by atoms with Crippen LogP contribution in [0.2, 0.25) is 0 Å². The van der Waals surface area contributed by atoms with Crippen molar-refractivity contribution in [3.63, 3.8) is 0 Å². The van der Waals surface area contributed by atoms with Crippen molar-refractivity contribution in [3.05, 3.63) is 63.6 Å². The highest BCUT2D eigenvalue weighted by molar-refractivity contribution is 9.10. The Morgan fingerprint density at radius 2 is 2.05 bits per heavy atom. The highest BCUT2D eigenvalue weighted by Gasteiger charge is 2.13. The molecule has 0 fully saturated rings. The van der Waals surface area contributed by atoms with Crippen LogP contribution in [0, 0.1) is 11.3 Å². The third-order valence-electron chi connectivity index (χ3n) is 2.71. The molecule has 2 aromatic carbocycles. The molecule has 0 saturated carbocycles. The first-order valence-electron chi connectivity index (χ1n) is 5.82. The van der Waals surface area contributed by atoms with Gasteiger partial charge >= 0.3 is 5.97 Å². The molecule has 0 saturated heterocycles. The van der Waals surface area contributed by atoms with Crippen LogP contribution in [0.5, 0.6) is 0 Å². The molecule has 0 radical (unpaired) electrons. The molecule has 20 heavy (non-hydrogen) atoms. The molecule has 0 aliphatic rings. The lowest BCUT2D eigenvalue weighted by atomic mass is 10.1. The van der Waals surface area contributed by atoms with Gasteiger partial charge in [0.1, 0.15) is 6.61 Å². The number of benzene rings is 2. The maximum atomic E-state index is 12.0. The molecule has 2 rings (SSSR count). The molecule has 100 valence electrons. The number of nitriles is 1. The summed E-state index contributed by atoms with van der Waals surface area (Å²) >= 11 is 3.28. The van der Waals surface area contributed by atoms with E-state index >= 15 is 0 Å². The second kappa shape index (κ2) is 6.22. The van der Waals surface area contributed by atoms with E-state index in [9.17, 15) is 4.79 Å². The van der Waals surface area contributed by atoms with Crippen molar-refractivity contribution in [1.29, 1.82) is 5.26 Å². The minimum atomic E-state index is -0.489. The van der Waals surface area contributed by atoms with Gasteiger partial charge in [-0.15, -0.1) is 0 Å². The largest absolute Gasteiger partial charge is 0.457 e. The van der Waals surface area contributed by atoms with E-state index in [4.69, 9.17) is 15.7 Å². The SMILES string of the molecule is N#Cc1ccccc1COC(=O)c1cc(N)ccc1Br. The summed E-state index contributed by atoms with van der Waals surface area (Å²) in [5.41, 5.74) is 7.65. The third-order valence-corrected chi connectivity index (χ3v) is 3.40. The predicted octanol–water partition coefficient (Wildman–Crippen LogP) is 3.26. The van der Waals surface area contributed by atoms with Gasteiger partial charge in [-0.05, 0) is 40.2 Å². The van der Waals surface area contributed by atoms with E-state index in [2.05, 4.69) is 22.0 Å². The second-order valence-electron chi connectivity index (χ2n) is 4.08. The first kappa shape index (κ1) is 14.1. The van der Waals surface area contributed by atoms with Crippen molar-refractivity contribution < 1.29 is 9.53 Å². The van der Waals surface area contributed by atoms with Crippen LogP contribution >= 0.6 is 15.9 Å². The molecule has 0 aromatic heterocycles. The van der Waals surface area contributed by atoms with Gasteiger partial charge in [0.05, 0.1) is 17.2 Å². The minimum Gasteiger partial charge on any atom is -0.457 e. The van der Waals surface area contributed by atoms with Crippen LogP contribution in [0.25, 0.3) is 0 Å². The maximum Gasteiger partial charge on any atom is 0.339 e. The monoisotopic (exact) mass is 330 g/mol. The fourth-order valence-corrected chi connectivity index (χ4v) is 2.08. The van der Waals surface area contributed by atoms with E-state index in [1.807, 2.05) is 0 Å². The van der Waals surface area contributed by atoms with Crippen LogP contribution in [0.1, 0.15) is 21.5 Å². The number of hydrogen-bond acceptors (Lipinski definition) is 4. The van der Waals surface area contributed by atoms with E-state index in [0.717, 1.165) is 0 Å². The van der Waals surface area contributed by atoms with Gasteiger partial charge in [0.2, 0.25) is 0 Å². The highest BCUT2D eigenvalue weighted by Crippen LogP contribution is 2.21. The number of rotatable bonds is 3. The molecule has 5 heteroatoms. The Morgan fingerprint density at radius 3 is 2.80 bits per heavy atom. The first-order valence-corrected chi connectivity index (χ1v) is 6.61. The maximum absolute atomic E-state index is 12.0. The Hall–Kier alpha value is -2.32. The molecule has 0 unspecified atom stereocenters. The van der Waals surface area contributed by atoms with Crippen molar-refractivity contribution in [3.8, 4) is 6.07 Å². The zero-order valence-electron chi connectivity index (χ0n) is 10.5. The fraction of sp³-hybridized carbons (Fsp3) is 0.0667. The van der Waals surface area contributed by atoms with Gasteiger partial charge in [0.15, 0.2) is 0 Å². The number of esters is 1. The number of hydrogen-bond donors (Lipinski definition) is 1. The summed E-state index contributed by atoms with van der Waals surface area (Å²) in [5.74, 6) is -0.489. The number of halogens is 1. The van der Waals surface area contributed by atoms with Crippen molar-refractivity contribution >= 4 is 27.6 Å². The molecular weight excluding hydrogens is 320 g/mol. The van der Waals surface area contributed by atoms with Gasteiger partial charge in [-0.25, -0.2) is 4.79 Å². The molecular formula is C15H11BrN2O2. The van der Waals surface area contributed by atoms with Crippen molar-refractivity contribution in [2.45, 2.75) is 6.61 Å². The van der Waals surface area contributed by atoms with Gasteiger partial charge in [0.25, 0.3) is 0 Å². The quantitative estimate of drug-likeness (QED) is 0.692. The predicted molar refractivity (Wildman–Crippen MR) is 78.8 cm³/mol. The summed E-state index contributed by atoms with van der Waals surface area (Å²) in [6.45, 7) is 0.0454. The zero-order valence-corrected chi connectivity index (χ0v) is 12.1. The van der Waals surface area contributed by atoms with Crippen molar-refractivity contribution in [2.75, 3.05) is 5.73 Å². The summed E-state index contributed by atoms with van der Waals surface area (Å²) in [6.07, 6.45) is 0. The zero-order chi connectivity index (χ0) is 14.5.